The fraction of sp³-hybridized carbons (Fsp3) is 0.125. The molecule has 2 aromatic carbocycles. The molecule has 4 aromatic rings. The maximum atomic E-state index is 13.8. The molecule has 34 heavy (non-hydrogen) atoms. The third-order valence-electron chi connectivity index (χ3n) is 5.03. The Labute approximate surface area is 191 Å². The van der Waals surface area contributed by atoms with Gasteiger partial charge < -0.3 is 19.8 Å². The lowest BCUT2D eigenvalue weighted by Crippen LogP contribution is -2.19. The van der Waals surface area contributed by atoms with Crippen molar-refractivity contribution in [2.75, 3.05) is 17.7 Å². The zero-order chi connectivity index (χ0) is 24.5. The summed E-state index contributed by atoms with van der Waals surface area (Å²) in [6, 6.07) is 12.6. The molecule has 10 heteroatoms. The van der Waals surface area contributed by atoms with E-state index in [9.17, 15) is 22.8 Å². The molecule has 2 amide bonds. The van der Waals surface area contributed by atoms with E-state index in [0.717, 1.165) is 12.1 Å². The highest BCUT2D eigenvalue weighted by Gasteiger charge is 2.34. The molecule has 0 atom stereocenters. The van der Waals surface area contributed by atoms with Crippen LogP contribution in [0.1, 0.15) is 32.2 Å². The summed E-state index contributed by atoms with van der Waals surface area (Å²) in [5.74, 6) is -0.964. The van der Waals surface area contributed by atoms with Crippen molar-refractivity contribution in [1.82, 2.24) is 4.98 Å². The number of halogens is 3. The maximum absolute atomic E-state index is 13.8. The fourth-order valence-electron chi connectivity index (χ4n) is 3.36. The first-order valence-corrected chi connectivity index (χ1v) is 9.98. The van der Waals surface area contributed by atoms with Crippen molar-refractivity contribution in [2.45, 2.75) is 13.1 Å². The number of hydrogen-bond acceptors (Lipinski definition) is 5. The number of rotatable bonds is 5. The zero-order valence-electron chi connectivity index (χ0n) is 18.0. The Morgan fingerprint density at radius 2 is 1.79 bits per heavy atom. The molecule has 0 fully saturated rings. The number of anilines is 2. The van der Waals surface area contributed by atoms with E-state index in [-0.39, 0.29) is 17.0 Å². The van der Waals surface area contributed by atoms with Gasteiger partial charge in [0.2, 0.25) is 0 Å². The first-order valence-electron chi connectivity index (χ1n) is 9.98. The number of amides is 2. The predicted molar refractivity (Wildman–Crippen MR) is 119 cm³/mol. The van der Waals surface area contributed by atoms with E-state index in [1.54, 1.807) is 31.2 Å². The number of pyridine rings is 1. The number of carbonyl (C=O) groups is 2. The summed E-state index contributed by atoms with van der Waals surface area (Å²) < 4.78 is 51.4. The SMILES string of the molecule is COc1ccc2nc(C)c(C(=O)Nc3ccc(NC(=O)c4ccco4)cc3C(F)(F)F)cc2c1. The maximum Gasteiger partial charge on any atom is 0.418 e. The third-order valence-corrected chi connectivity index (χ3v) is 5.03. The Kier molecular flexibility index (Phi) is 5.97. The van der Waals surface area contributed by atoms with Crippen molar-refractivity contribution in [2.24, 2.45) is 0 Å². The number of nitrogens with zero attached hydrogens (tertiary/aromatic N) is 1. The number of alkyl halides is 3. The number of furan rings is 1. The second kappa shape index (κ2) is 8.89. The van der Waals surface area contributed by atoms with E-state index in [2.05, 4.69) is 15.6 Å². The molecule has 0 saturated carbocycles. The van der Waals surface area contributed by atoms with Crippen LogP contribution in [0.4, 0.5) is 24.5 Å². The van der Waals surface area contributed by atoms with E-state index >= 15 is 0 Å². The first-order chi connectivity index (χ1) is 16.2. The Bertz CT molecular complexity index is 1380. The van der Waals surface area contributed by atoms with Crippen LogP contribution in [0.5, 0.6) is 5.75 Å². The summed E-state index contributed by atoms with van der Waals surface area (Å²) in [7, 11) is 1.50. The molecular formula is C24H18F3N3O4. The third kappa shape index (κ3) is 4.70. The minimum atomic E-state index is -4.79. The summed E-state index contributed by atoms with van der Waals surface area (Å²) in [5.41, 5.74) is -0.607. The van der Waals surface area contributed by atoms with Gasteiger partial charge in [0, 0.05) is 11.1 Å². The molecule has 0 aliphatic carbocycles. The van der Waals surface area contributed by atoms with E-state index < -0.39 is 29.2 Å². The van der Waals surface area contributed by atoms with Crippen molar-refractivity contribution in [1.29, 1.82) is 0 Å². The highest BCUT2D eigenvalue weighted by molar-refractivity contribution is 6.07. The first kappa shape index (κ1) is 22.8. The summed E-state index contributed by atoms with van der Waals surface area (Å²) in [6.07, 6.45) is -3.52. The Hall–Kier alpha value is -4.34. The summed E-state index contributed by atoms with van der Waals surface area (Å²) in [5, 5.41) is 5.26. The Morgan fingerprint density at radius 1 is 1.00 bits per heavy atom. The van der Waals surface area contributed by atoms with Gasteiger partial charge in [-0.1, -0.05) is 0 Å². The lowest BCUT2D eigenvalue weighted by atomic mass is 10.1. The van der Waals surface area contributed by atoms with Crippen LogP contribution in [-0.4, -0.2) is 23.9 Å². The van der Waals surface area contributed by atoms with Crippen LogP contribution in [-0.2, 0) is 6.18 Å². The highest BCUT2D eigenvalue weighted by Crippen LogP contribution is 2.37. The molecule has 0 aliphatic rings. The number of hydrogen-bond donors (Lipinski definition) is 2. The van der Waals surface area contributed by atoms with E-state index in [1.165, 1.54) is 31.6 Å². The molecule has 0 saturated heterocycles. The Balaban J connectivity index is 1.64. The zero-order valence-corrected chi connectivity index (χ0v) is 18.0. The van der Waals surface area contributed by atoms with Crippen molar-refractivity contribution in [3.8, 4) is 5.75 Å². The highest BCUT2D eigenvalue weighted by atomic mass is 19.4. The van der Waals surface area contributed by atoms with Gasteiger partial charge in [0.05, 0.1) is 41.4 Å². The van der Waals surface area contributed by atoms with Crippen LogP contribution in [0.25, 0.3) is 10.9 Å². The predicted octanol–water partition coefficient (Wildman–Crippen LogP) is 5.67. The number of carbonyl (C=O) groups excluding carboxylic acids is 2. The molecule has 0 spiro atoms. The largest absolute Gasteiger partial charge is 0.497 e. The molecule has 7 nitrogen and oxygen atoms in total. The van der Waals surface area contributed by atoms with E-state index in [4.69, 9.17) is 9.15 Å². The molecule has 4 rings (SSSR count). The van der Waals surface area contributed by atoms with Crippen LogP contribution in [0.3, 0.4) is 0 Å². The van der Waals surface area contributed by atoms with Crippen LogP contribution in [0.15, 0.2) is 65.3 Å². The Morgan fingerprint density at radius 3 is 2.47 bits per heavy atom. The average molecular weight is 469 g/mol. The van der Waals surface area contributed by atoms with Gasteiger partial charge in [0.15, 0.2) is 5.76 Å². The van der Waals surface area contributed by atoms with Crippen LogP contribution < -0.4 is 15.4 Å². The number of nitrogens with one attached hydrogen (secondary N) is 2. The van der Waals surface area contributed by atoms with Gasteiger partial charge in [-0.2, -0.15) is 13.2 Å². The quantitative estimate of drug-likeness (QED) is 0.393. The average Bonchev–Trinajstić information content (AvgIpc) is 3.34. The van der Waals surface area contributed by atoms with Gasteiger partial charge in [-0.25, -0.2) is 0 Å². The van der Waals surface area contributed by atoms with E-state index in [0.29, 0.717) is 22.3 Å². The van der Waals surface area contributed by atoms with Gasteiger partial charge in [-0.05, 0) is 61.5 Å². The normalized spacial score (nSPS) is 11.3. The monoisotopic (exact) mass is 469 g/mol. The molecule has 2 aromatic heterocycles. The van der Waals surface area contributed by atoms with Crippen molar-refractivity contribution >= 4 is 34.1 Å². The van der Waals surface area contributed by atoms with Gasteiger partial charge in [0.25, 0.3) is 11.8 Å². The lowest BCUT2D eigenvalue weighted by molar-refractivity contribution is -0.136. The number of methoxy groups -OCH3 is 1. The smallest absolute Gasteiger partial charge is 0.418 e. The second-order valence-corrected chi connectivity index (χ2v) is 7.32. The number of benzene rings is 2. The number of fused-ring (bicyclic) bond motifs is 1. The molecule has 2 heterocycles. The summed E-state index contributed by atoms with van der Waals surface area (Å²) in [4.78, 5) is 29.4. The number of aryl methyl sites for hydroxylation is 1. The van der Waals surface area contributed by atoms with Crippen LogP contribution in [0.2, 0.25) is 0 Å². The van der Waals surface area contributed by atoms with Gasteiger partial charge >= 0.3 is 6.18 Å². The molecular weight excluding hydrogens is 451 g/mol. The second-order valence-electron chi connectivity index (χ2n) is 7.32. The number of ether oxygens (including phenoxy) is 1. The fourth-order valence-corrected chi connectivity index (χ4v) is 3.36. The number of aromatic nitrogens is 1. The molecule has 2 N–H and O–H groups in total. The molecule has 0 unspecified atom stereocenters. The van der Waals surface area contributed by atoms with Gasteiger partial charge in [0.1, 0.15) is 5.75 Å². The molecule has 174 valence electrons. The molecule has 0 radical (unpaired) electrons. The molecule has 0 aliphatic heterocycles. The van der Waals surface area contributed by atoms with Crippen molar-refractivity contribution in [3.05, 3.63) is 83.4 Å². The van der Waals surface area contributed by atoms with Crippen LogP contribution in [0, 0.1) is 6.92 Å². The van der Waals surface area contributed by atoms with E-state index in [1.807, 2.05) is 0 Å². The van der Waals surface area contributed by atoms with Crippen molar-refractivity contribution in [3.63, 3.8) is 0 Å². The van der Waals surface area contributed by atoms with Crippen molar-refractivity contribution < 1.29 is 31.9 Å². The summed E-state index contributed by atoms with van der Waals surface area (Å²) in [6.45, 7) is 1.59. The lowest BCUT2D eigenvalue weighted by Gasteiger charge is -2.16. The van der Waals surface area contributed by atoms with Gasteiger partial charge in [-0.3, -0.25) is 14.6 Å². The summed E-state index contributed by atoms with van der Waals surface area (Å²) >= 11 is 0. The topological polar surface area (TPSA) is 93.5 Å². The van der Waals surface area contributed by atoms with Crippen LogP contribution >= 0.6 is 0 Å². The van der Waals surface area contributed by atoms with Gasteiger partial charge in [-0.15, -0.1) is 0 Å². The standard InChI is InChI=1S/C24H18F3N3O4/c1-13-17(11-14-10-16(33-2)6-8-19(14)28-13)22(31)30-20-7-5-15(12-18(20)24(25,26)27)29-23(32)21-4-3-9-34-21/h3-12H,1-2H3,(H,29,32)(H,30,31). The molecule has 0 bridgehead atoms. The minimum absolute atomic E-state index is 0.0538. The minimum Gasteiger partial charge on any atom is -0.497 e.